The van der Waals surface area contributed by atoms with E-state index >= 15 is 0 Å². The van der Waals surface area contributed by atoms with Gasteiger partial charge in [-0.05, 0) is 108 Å². The lowest BCUT2D eigenvalue weighted by Gasteiger charge is -2.29. The summed E-state index contributed by atoms with van der Waals surface area (Å²) in [6, 6.07) is 27.2. The Morgan fingerprint density at radius 2 is 0.646 bits per heavy atom. The van der Waals surface area contributed by atoms with E-state index in [0.717, 1.165) is 58.4 Å². The molecule has 0 aliphatic heterocycles. The molecule has 0 spiro atoms. The second kappa shape index (κ2) is 24.4. The number of rotatable bonds is 21. The fourth-order valence-electron chi connectivity index (χ4n) is 10.1. The van der Waals surface area contributed by atoms with Crippen molar-refractivity contribution in [2.24, 2.45) is 11.8 Å². The highest BCUT2D eigenvalue weighted by molar-refractivity contribution is 5.65. The Morgan fingerprint density at radius 3 is 0.954 bits per heavy atom. The zero-order valence-electron chi connectivity index (χ0n) is 39.4. The molecule has 0 N–H and O–H groups in total. The molecule has 358 valence electrons. The number of benzene rings is 4. The molecule has 0 nitrogen and oxygen atoms in total. The standard InChI is InChI=1S/C29H38F4.C28H36F4/c1-3-5-6-7-8-22-9-11-23(12-10-22)24-13-15-25(16-14-24)26-17-19-27(20-18-26)29(32,33)28(30,31)21-4-2;1-3-5-6-7-21-8-10-22(11-9-21)23-12-14-24(15-13-23)25-16-18-26(19-17-25)28(31,32)27(29,30)20-4-2/h13-20,22-23H,3-12,21H2,1-2H3;12-19,21-22H,3-11,20H2,1-2H3. The summed E-state index contributed by atoms with van der Waals surface area (Å²) in [6.45, 7) is 7.46. The quantitative estimate of drug-likeness (QED) is 0.0577. The van der Waals surface area contributed by atoms with Gasteiger partial charge < -0.3 is 0 Å². The zero-order valence-corrected chi connectivity index (χ0v) is 39.4. The number of hydrogen-bond acceptors (Lipinski definition) is 0. The van der Waals surface area contributed by atoms with Crippen LogP contribution in [-0.4, -0.2) is 11.8 Å². The normalized spacial score (nSPS) is 19.7. The van der Waals surface area contributed by atoms with Crippen LogP contribution in [-0.2, 0) is 11.8 Å². The minimum Gasteiger partial charge on any atom is -0.199 e. The number of halogens is 8. The van der Waals surface area contributed by atoms with Crippen molar-refractivity contribution in [2.45, 2.75) is 198 Å². The summed E-state index contributed by atoms with van der Waals surface area (Å²) < 4.78 is 113. The molecule has 2 saturated carbocycles. The third-order valence-electron chi connectivity index (χ3n) is 14.3. The van der Waals surface area contributed by atoms with Crippen molar-refractivity contribution in [2.75, 3.05) is 0 Å². The van der Waals surface area contributed by atoms with Gasteiger partial charge in [0, 0.05) is 24.0 Å². The van der Waals surface area contributed by atoms with Crippen molar-refractivity contribution in [1.29, 1.82) is 0 Å². The summed E-state index contributed by atoms with van der Waals surface area (Å²) in [5.74, 6) is -13.5. The SMILES string of the molecule is CCCCCC1CCC(c2ccc(-c3ccc(C(F)(F)C(F)(F)CCC)cc3)cc2)CC1.CCCCCCC1CCC(c2ccc(-c3ccc(C(F)(F)C(F)(F)CCC)cc3)cc2)CC1. The van der Waals surface area contributed by atoms with Crippen LogP contribution < -0.4 is 0 Å². The molecular formula is C57H74F8. The molecule has 0 amide bonds. The van der Waals surface area contributed by atoms with Gasteiger partial charge in [0.1, 0.15) is 0 Å². The molecule has 2 aliphatic rings. The van der Waals surface area contributed by atoms with Gasteiger partial charge in [0.15, 0.2) is 0 Å². The largest absolute Gasteiger partial charge is 0.335 e. The van der Waals surface area contributed by atoms with Crippen LogP contribution in [0.15, 0.2) is 97.1 Å². The lowest BCUT2D eigenvalue weighted by molar-refractivity contribution is -0.219. The van der Waals surface area contributed by atoms with Crippen LogP contribution in [0.5, 0.6) is 0 Å². The maximum absolute atomic E-state index is 14.3. The van der Waals surface area contributed by atoms with Gasteiger partial charge in [-0.3, -0.25) is 0 Å². The summed E-state index contributed by atoms with van der Waals surface area (Å²) in [5, 5.41) is 0. The molecule has 0 aromatic heterocycles. The van der Waals surface area contributed by atoms with Gasteiger partial charge in [-0.2, -0.15) is 35.1 Å². The smallest absolute Gasteiger partial charge is 0.199 e. The van der Waals surface area contributed by atoms with E-state index in [2.05, 4.69) is 38.1 Å². The van der Waals surface area contributed by atoms with Crippen molar-refractivity contribution in [3.63, 3.8) is 0 Å². The predicted molar refractivity (Wildman–Crippen MR) is 254 cm³/mol. The molecule has 65 heavy (non-hydrogen) atoms. The maximum atomic E-state index is 14.3. The Bertz CT molecular complexity index is 1930. The number of unbranched alkanes of at least 4 members (excludes halogenated alkanes) is 5. The lowest BCUT2D eigenvalue weighted by atomic mass is 9.77. The fourth-order valence-corrected chi connectivity index (χ4v) is 10.1. The summed E-state index contributed by atoms with van der Waals surface area (Å²) in [5.41, 5.74) is 4.76. The molecule has 0 bridgehead atoms. The lowest BCUT2D eigenvalue weighted by Crippen LogP contribution is -2.37. The zero-order chi connectivity index (χ0) is 47.1. The Morgan fingerprint density at radius 1 is 0.354 bits per heavy atom. The number of alkyl halides is 8. The summed E-state index contributed by atoms with van der Waals surface area (Å²) in [4.78, 5) is 0. The average Bonchev–Trinajstić information content (AvgIpc) is 3.31. The van der Waals surface area contributed by atoms with Crippen molar-refractivity contribution in [1.82, 2.24) is 0 Å². The van der Waals surface area contributed by atoms with Crippen LogP contribution >= 0.6 is 0 Å². The van der Waals surface area contributed by atoms with E-state index in [1.165, 1.54) is 158 Å². The Kier molecular flexibility index (Phi) is 19.6. The predicted octanol–water partition coefficient (Wildman–Crippen LogP) is 19.9. The van der Waals surface area contributed by atoms with Gasteiger partial charge in [0.25, 0.3) is 0 Å². The molecule has 0 saturated heterocycles. The summed E-state index contributed by atoms with van der Waals surface area (Å²) in [7, 11) is 0. The second-order valence-electron chi connectivity index (χ2n) is 19.2. The summed E-state index contributed by atoms with van der Waals surface area (Å²) >= 11 is 0. The molecule has 6 rings (SSSR count). The van der Waals surface area contributed by atoms with Crippen molar-refractivity contribution in [3.05, 3.63) is 119 Å². The Balaban J connectivity index is 0.000000244. The van der Waals surface area contributed by atoms with Crippen molar-refractivity contribution < 1.29 is 35.1 Å². The van der Waals surface area contributed by atoms with Crippen LogP contribution in [0.25, 0.3) is 22.3 Å². The molecule has 4 aromatic rings. The highest BCUT2D eigenvalue weighted by atomic mass is 19.3. The Hall–Kier alpha value is -3.68. The van der Waals surface area contributed by atoms with E-state index < -0.39 is 47.7 Å². The topological polar surface area (TPSA) is 0 Å². The third-order valence-corrected chi connectivity index (χ3v) is 14.3. The van der Waals surface area contributed by atoms with Gasteiger partial charge in [0.05, 0.1) is 0 Å². The first-order chi connectivity index (χ1) is 31.1. The molecule has 0 heterocycles. The Labute approximate surface area is 385 Å². The van der Waals surface area contributed by atoms with Gasteiger partial charge in [-0.15, -0.1) is 0 Å². The van der Waals surface area contributed by atoms with Crippen LogP contribution in [0, 0.1) is 11.8 Å². The first-order valence-electron chi connectivity index (χ1n) is 25.0. The van der Waals surface area contributed by atoms with Crippen molar-refractivity contribution >= 4 is 0 Å². The van der Waals surface area contributed by atoms with E-state index in [0.29, 0.717) is 11.8 Å². The third kappa shape index (κ3) is 13.9. The molecular weight excluding hydrogens is 837 g/mol. The van der Waals surface area contributed by atoms with Crippen LogP contribution in [0.4, 0.5) is 35.1 Å². The van der Waals surface area contributed by atoms with Crippen molar-refractivity contribution in [3.8, 4) is 22.3 Å². The monoisotopic (exact) mass is 911 g/mol. The van der Waals surface area contributed by atoms with Gasteiger partial charge in [0.2, 0.25) is 0 Å². The molecule has 2 fully saturated rings. The van der Waals surface area contributed by atoms with E-state index in [9.17, 15) is 35.1 Å². The number of hydrogen-bond donors (Lipinski definition) is 0. The first kappa shape index (κ1) is 52.3. The van der Waals surface area contributed by atoms with Crippen LogP contribution in [0.3, 0.4) is 0 Å². The molecule has 2 aliphatic carbocycles. The highest BCUT2D eigenvalue weighted by Crippen LogP contribution is 2.48. The minimum atomic E-state index is -4.17. The molecule has 0 unspecified atom stereocenters. The average molecular weight is 911 g/mol. The van der Waals surface area contributed by atoms with E-state index in [1.54, 1.807) is 0 Å². The fraction of sp³-hybridized carbons (Fsp3) is 0.579. The van der Waals surface area contributed by atoms with E-state index in [4.69, 9.17) is 0 Å². The van der Waals surface area contributed by atoms with Gasteiger partial charge in [-0.25, -0.2) is 0 Å². The molecule has 0 atom stereocenters. The highest BCUT2D eigenvalue weighted by Gasteiger charge is 2.57. The van der Waals surface area contributed by atoms with Crippen LogP contribution in [0.2, 0.25) is 0 Å². The van der Waals surface area contributed by atoms with Gasteiger partial charge in [-0.1, -0.05) is 195 Å². The van der Waals surface area contributed by atoms with Crippen LogP contribution in [0.1, 0.15) is 197 Å². The molecule has 0 radical (unpaired) electrons. The first-order valence-corrected chi connectivity index (χ1v) is 25.0. The van der Waals surface area contributed by atoms with E-state index in [-0.39, 0.29) is 12.8 Å². The maximum Gasteiger partial charge on any atom is 0.335 e. The van der Waals surface area contributed by atoms with Gasteiger partial charge >= 0.3 is 23.7 Å². The van der Waals surface area contributed by atoms with E-state index in [1.807, 2.05) is 24.3 Å². The minimum absolute atomic E-state index is 0.00747. The second-order valence-corrected chi connectivity index (χ2v) is 19.2. The molecule has 4 aromatic carbocycles. The summed E-state index contributed by atoms with van der Waals surface area (Å²) in [6.07, 6.45) is 20.5. The molecule has 8 heteroatoms.